The molecule has 1 aliphatic heterocycles. The van der Waals surface area contributed by atoms with Gasteiger partial charge < -0.3 is 25.0 Å². The second-order valence-corrected chi connectivity index (χ2v) is 11.4. The third-order valence-electron chi connectivity index (χ3n) is 7.02. The quantitative estimate of drug-likeness (QED) is 0.419. The largest absolute Gasteiger partial charge is 0.494 e. The van der Waals surface area contributed by atoms with Crippen LogP contribution in [-0.4, -0.2) is 82.0 Å². The number of hydrogen-bond acceptors (Lipinski definition) is 8. The van der Waals surface area contributed by atoms with E-state index < -0.39 is 6.04 Å². The number of amides is 3. The summed E-state index contributed by atoms with van der Waals surface area (Å²) < 4.78 is 13.4. The maximum absolute atomic E-state index is 13.2. The number of aryl methyl sites for hydroxylation is 2. The molecule has 230 valence electrons. The van der Waals surface area contributed by atoms with Crippen molar-refractivity contribution >= 4 is 29.5 Å². The van der Waals surface area contributed by atoms with Crippen LogP contribution in [0.3, 0.4) is 0 Å². The zero-order valence-corrected chi connectivity index (χ0v) is 25.6. The minimum absolute atomic E-state index is 0.0743. The van der Waals surface area contributed by atoms with Crippen molar-refractivity contribution in [1.82, 2.24) is 30.5 Å². The van der Waals surface area contributed by atoms with Gasteiger partial charge in [-0.2, -0.15) is 11.8 Å². The maximum Gasteiger partial charge on any atom is 0.252 e. The minimum atomic E-state index is -0.686. The fourth-order valence-electron chi connectivity index (χ4n) is 4.63. The van der Waals surface area contributed by atoms with E-state index in [1.165, 1.54) is 0 Å². The molecule has 2 aromatic carbocycles. The molecule has 2 N–H and O–H groups in total. The number of aromatic nitrogens is 3. The molecule has 0 saturated carbocycles. The van der Waals surface area contributed by atoms with E-state index in [0.29, 0.717) is 74.9 Å². The average Bonchev–Trinajstić information content (AvgIpc) is 3.46. The Labute approximate surface area is 256 Å². The number of hydrogen-bond donors (Lipinski definition) is 2. The first-order valence-electron chi connectivity index (χ1n) is 14.5. The lowest BCUT2D eigenvalue weighted by molar-refractivity contribution is -0.137. The highest BCUT2D eigenvalue weighted by Gasteiger charge is 2.23. The highest BCUT2D eigenvalue weighted by Crippen LogP contribution is 2.18. The molecule has 0 saturated heterocycles. The van der Waals surface area contributed by atoms with Gasteiger partial charge in [0.05, 0.1) is 26.0 Å². The molecular formula is C31H40N6O5S. The van der Waals surface area contributed by atoms with Crippen LogP contribution in [0.2, 0.25) is 0 Å². The van der Waals surface area contributed by atoms with Gasteiger partial charge in [-0.15, -0.1) is 5.10 Å². The molecule has 43 heavy (non-hydrogen) atoms. The normalized spacial score (nSPS) is 17.0. The summed E-state index contributed by atoms with van der Waals surface area (Å²) in [6.45, 7) is 4.13. The van der Waals surface area contributed by atoms with Gasteiger partial charge in [0.2, 0.25) is 11.8 Å². The number of carbonyl (C=O) groups excluding carboxylic acids is 3. The summed E-state index contributed by atoms with van der Waals surface area (Å²) in [5.41, 5.74) is 2.92. The number of fused-ring (bicyclic) bond motifs is 4. The van der Waals surface area contributed by atoms with Crippen LogP contribution in [0.5, 0.6) is 5.75 Å². The molecule has 0 unspecified atom stereocenters. The molecule has 1 aliphatic rings. The van der Waals surface area contributed by atoms with Gasteiger partial charge in [0.25, 0.3) is 5.91 Å². The van der Waals surface area contributed by atoms with Gasteiger partial charge in [-0.3, -0.25) is 19.1 Å². The van der Waals surface area contributed by atoms with Crippen LogP contribution < -0.4 is 15.4 Å². The van der Waals surface area contributed by atoms with E-state index in [1.807, 2.05) is 61.8 Å². The molecule has 4 bridgehead atoms. The third-order valence-corrected chi connectivity index (χ3v) is 7.66. The second-order valence-electron chi connectivity index (χ2n) is 10.4. The summed E-state index contributed by atoms with van der Waals surface area (Å²) >= 11 is 1.61. The molecular weight excluding hydrogens is 568 g/mol. The van der Waals surface area contributed by atoms with Crippen molar-refractivity contribution in [3.05, 3.63) is 77.1 Å². The zero-order chi connectivity index (χ0) is 30.4. The number of thioether (sulfide) groups is 1. The van der Waals surface area contributed by atoms with E-state index >= 15 is 0 Å². The van der Waals surface area contributed by atoms with Crippen LogP contribution in [0.15, 0.2) is 54.7 Å². The molecule has 0 radical (unpaired) electrons. The smallest absolute Gasteiger partial charge is 0.252 e. The summed E-state index contributed by atoms with van der Waals surface area (Å²) in [6, 6.07) is 14.4. The highest BCUT2D eigenvalue weighted by molar-refractivity contribution is 7.98. The third kappa shape index (κ3) is 10.1. The first-order chi connectivity index (χ1) is 20.9. The van der Waals surface area contributed by atoms with Crippen molar-refractivity contribution in [2.45, 2.75) is 51.9 Å². The Morgan fingerprint density at radius 1 is 1.14 bits per heavy atom. The van der Waals surface area contributed by atoms with Crippen molar-refractivity contribution in [2.24, 2.45) is 0 Å². The van der Waals surface area contributed by atoms with Crippen molar-refractivity contribution < 1.29 is 23.9 Å². The lowest BCUT2D eigenvalue weighted by Crippen LogP contribution is -2.47. The Hall–Kier alpha value is -3.90. The predicted octanol–water partition coefficient (Wildman–Crippen LogP) is 2.97. The number of nitrogens with zero attached hydrogens (tertiary/aromatic N) is 4. The molecule has 3 aromatic rings. The Kier molecular flexibility index (Phi) is 12.4. The van der Waals surface area contributed by atoms with Crippen LogP contribution in [0, 0.1) is 6.92 Å². The number of benzene rings is 2. The molecule has 0 spiro atoms. The molecule has 12 heteroatoms. The van der Waals surface area contributed by atoms with Crippen molar-refractivity contribution in [3.8, 4) is 5.75 Å². The maximum atomic E-state index is 13.2. The van der Waals surface area contributed by atoms with Crippen LogP contribution >= 0.6 is 11.8 Å². The molecule has 1 atom stereocenters. The molecule has 0 aliphatic carbocycles. The van der Waals surface area contributed by atoms with Crippen molar-refractivity contribution in [2.75, 3.05) is 38.3 Å². The van der Waals surface area contributed by atoms with Crippen molar-refractivity contribution in [1.29, 1.82) is 0 Å². The number of rotatable bonds is 7. The van der Waals surface area contributed by atoms with E-state index in [9.17, 15) is 14.4 Å². The Bertz CT molecular complexity index is 1350. The summed E-state index contributed by atoms with van der Waals surface area (Å²) in [4.78, 5) is 41.2. The lowest BCUT2D eigenvalue weighted by Gasteiger charge is -2.23. The van der Waals surface area contributed by atoms with Crippen LogP contribution in [0.1, 0.15) is 46.4 Å². The van der Waals surface area contributed by atoms with E-state index in [4.69, 9.17) is 9.47 Å². The lowest BCUT2D eigenvalue weighted by atomic mass is 10.1. The first-order valence-corrected chi connectivity index (χ1v) is 15.9. The fraction of sp³-hybridized carbons (Fsp3) is 0.452. The summed E-state index contributed by atoms with van der Waals surface area (Å²) in [5, 5.41) is 14.3. The van der Waals surface area contributed by atoms with Gasteiger partial charge >= 0.3 is 0 Å². The zero-order valence-electron chi connectivity index (χ0n) is 24.8. The van der Waals surface area contributed by atoms with Gasteiger partial charge in [0.15, 0.2) is 0 Å². The average molecular weight is 609 g/mol. The van der Waals surface area contributed by atoms with Gasteiger partial charge in [-0.1, -0.05) is 41.6 Å². The number of carbonyl (C=O) groups is 3. The van der Waals surface area contributed by atoms with Gasteiger partial charge in [-0.25, -0.2) is 0 Å². The molecule has 11 nitrogen and oxygen atoms in total. The van der Waals surface area contributed by atoms with E-state index in [-0.39, 0.29) is 30.9 Å². The van der Waals surface area contributed by atoms with Gasteiger partial charge in [0, 0.05) is 31.6 Å². The Morgan fingerprint density at radius 3 is 2.79 bits per heavy atom. The monoisotopic (exact) mass is 608 g/mol. The molecule has 3 amide bonds. The summed E-state index contributed by atoms with van der Waals surface area (Å²) in [5.74, 6) is 0.550. The number of nitrogens with one attached hydrogen (secondary N) is 2. The first kappa shape index (κ1) is 32.0. The van der Waals surface area contributed by atoms with Crippen LogP contribution in [0.25, 0.3) is 0 Å². The van der Waals surface area contributed by atoms with Crippen molar-refractivity contribution in [3.63, 3.8) is 0 Å². The summed E-state index contributed by atoms with van der Waals surface area (Å²) in [7, 11) is 0. The topological polar surface area (TPSA) is 128 Å². The standard InChI is InChI=1S/C31H40N6O5S/c1-23-10-11-26-18-27(23)30(39)33-28(12-17-43-2)31(40)32-13-6-14-36(19-25-20-37(35-34-25)15-7-16-42-26)29(38)22-41-21-24-8-4-3-5-9-24/h3-5,8-11,18,20,28H,6-7,12-17,19,21-22H2,1-2H3,(H,32,40)(H,33,39)/t28-/m0/s1. The van der Waals surface area contributed by atoms with Crippen LogP contribution in [0.4, 0.5) is 0 Å². The van der Waals surface area contributed by atoms with Gasteiger partial charge in [0.1, 0.15) is 24.1 Å². The molecule has 1 aromatic heterocycles. The van der Waals surface area contributed by atoms with Crippen LogP contribution in [-0.2, 0) is 34.0 Å². The van der Waals surface area contributed by atoms with E-state index in [0.717, 1.165) is 11.1 Å². The highest BCUT2D eigenvalue weighted by atomic mass is 32.2. The number of ether oxygens (including phenoxy) is 2. The second kappa shape index (κ2) is 16.7. The van der Waals surface area contributed by atoms with E-state index in [2.05, 4.69) is 20.9 Å². The molecule has 2 heterocycles. The van der Waals surface area contributed by atoms with Gasteiger partial charge in [-0.05, 0) is 55.0 Å². The predicted molar refractivity (Wildman–Crippen MR) is 165 cm³/mol. The summed E-state index contributed by atoms with van der Waals surface area (Å²) in [6.07, 6.45) is 5.48. The molecule has 0 fully saturated rings. The fourth-order valence-corrected chi connectivity index (χ4v) is 5.10. The molecule has 4 rings (SSSR count). The Balaban J connectivity index is 1.46. The minimum Gasteiger partial charge on any atom is -0.494 e. The van der Waals surface area contributed by atoms with E-state index in [1.54, 1.807) is 27.4 Å². The SMILES string of the molecule is CSCC[C@@H]1NC(=O)c2cc(ccc2C)OCCCn2cc(nn2)CN(C(=O)COCc2ccccc2)CCCNC1=O. The Morgan fingerprint density at radius 2 is 1.98 bits per heavy atom.